The lowest BCUT2D eigenvalue weighted by Crippen LogP contribution is -2.17. The van der Waals surface area contributed by atoms with E-state index in [4.69, 9.17) is 4.74 Å². The van der Waals surface area contributed by atoms with E-state index in [-0.39, 0.29) is 11.3 Å². The van der Waals surface area contributed by atoms with Gasteiger partial charge in [0, 0.05) is 13.2 Å². The van der Waals surface area contributed by atoms with Crippen LogP contribution in [0, 0.1) is 0 Å². The Bertz CT molecular complexity index is 588. The summed E-state index contributed by atoms with van der Waals surface area (Å²) >= 11 is 1.20. The largest absolute Gasteiger partial charge is 0.377 e. The van der Waals surface area contributed by atoms with Crippen molar-refractivity contribution in [2.75, 3.05) is 12.4 Å². The standard InChI is InChI=1S/C9H9N5O3S/c1-17-4-7-13-14-9(18-7)10-8(16)5-2-3-6(15)12-11-5/h2-3H,4H2,1H3,(H,12,15)(H,10,14,16). The van der Waals surface area contributed by atoms with Gasteiger partial charge in [0.15, 0.2) is 0 Å². The third kappa shape index (κ3) is 2.96. The summed E-state index contributed by atoms with van der Waals surface area (Å²) in [4.78, 5) is 22.5. The smallest absolute Gasteiger partial charge is 0.277 e. The summed E-state index contributed by atoms with van der Waals surface area (Å²) in [5, 5.41) is 16.9. The number of nitrogens with zero attached hydrogens (tertiary/aromatic N) is 3. The molecule has 18 heavy (non-hydrogen) atoms. The molecule has 0 unspecified atom stereocenters. The number of ether oxygens (including phenoxy) is 1. The first-order valence-corrected chi connectivity index (χ1v) is 5.69. The van der Waals surface area contributed by atoms with Gasteiger partial charge in [-0.15, -0.1) is 10.2 Å². The monoisotopic (exact) mass is 267 g/mol. The number of hydrogen-bond donors (Lipinski definition) is 2. The minimum Gasteiger partial charge on any atom is -0.377 e. The molecule has 9 heteroatoms. The van der Waals surface area contributed by atoms with Crippen LogP contribution < -0.4 is 10.9 Å². The molecule has 0 aliphatic heterocycles. The molecular formula is C9H9N5O3S. The highest BCUT2D eigenvalue weighted by molar-refractivity contribution is 7.15. The molecular weight excluding hydrogens is 258 g/mol. The van der Waals surface area contributed by atoms with Gasteiger partial charge < -0.3 is 4.74 Å². The zero-order valence-electron chi connectivity index (χ0n) is 9.34. The molecule has 0 radical (unpaired) electrons. The van der Waals surface area contributed by atoms with Crippen molar-refractivity contribution < 1.29 is 9.53 Å². The van der Waals surface area contributed by atoms with Gasteiger partial charge in [0.05, 0.1) is 0 Å². The molecule has 2 heterocycles. The van der Waals surface area contributed by atoms with Crippen LogP contribution in [0.5, 0.6) is 0 Å². The Morgan fingerprint density at radius 2 is 2.33 bits per heavy atom. The van der Waals surface area contributed by atoms with E-state index in [1.165, 1.54) is 23.5 Å². The molecule has 2 N–H and O–H groups in total. The Morgan fingerprint density at radius 1 is 1.50 bits per heavy atom. The highest BCUT2D eigenvalue weighted by Crippen LogP contribution is 2.16. The van der Waals surface area contributed by atoms with E-state index in [1.807, 2.05) is 0 Å². The molecule has 0 aromatic carbocycles. The van der Waals surface area contributed by atoms with Crippen molar-refractivity contribution in [1.82, 2.24) is 20.4 Å². The maximum Gasteiger partial charge on any atom is 0.277 e. The van der Waals surface area contributed by atoms with E-state index < -0.39 is 5.91 Å². The van der Waals surface area contributed by atoms with Crippen molar-refractivity contribution in [2.24, 2.45) is 0 Å². The maximum atomic E-state index is 11.7. The summed E-state index contributed by atoms with van der Waals surface area (Å²) in [5.41, 5.74) is -0.275. The van der Waals surface area contributed by atoms with Gasteiger partial charge in [-0.3, -0.25) is 14.9 Å². The average Bonchev–Trinajstić information content (AvgIpc) is 2.78. The Morgan fingerprint density at radius 3 is 3.00 bits per heavy atom. The van der Waals surface area contributed by atoms with E-state index in [9.17, 15) is 9.59 Å². The lowest BCUT2D eigenvalue weighted by atomic mass is 10.4. The minimum atomic E-state index is -0.466. The van der Waals surface area contributed by atoms with Crippen LogP contribution in [0.1, 0.15) is 15.5 Å². The highest BCUT2D eigenvalue weighted by Gasteiger charge is 2.11. The first-order chi connectivity index (χ1) is 8.69. The third-order valence-corrected chi connectivity index (χ3v) is 2.68. The van der Waals surface area contributed by atoms with Crippen LogP contribution in [0.25, 0.3) is 0 Å². The third-order valence-electron chi connectivity index (χ3n) is 1.87. The van der Waals surface area contributed by atoms with Crippen molar-refractivity contribution >= 4 is 22.4 Å². The molecule has 8 nitrogen and oxygen atoms in total. The van der Waals surface area contributed by atoms with Gasteiger partial charge in [0.2, 0.25) is 5.13 Å². The lowest BCUT2D eigenvalue weighted by Gasteiger charge is -1.98. The molecule has 0 spiro atoms. The zero-order chi connectivity index (χ0) is 13.0. The number of hydrogen-bond acceptors (Lipinski definition) is 7. The van der Waals surface area contributed by atoms with E-state index in [0.717, 1.165) is 0 Å². The Labute approximate surface area is 105 Å². The Balaban J connectivity index is 2.06. The predicted octanol–water partition coefficient (Wildman–Crippen LogP) is 0.0201. The summed E-state index contributed by atoms with van der Waals surface area (Å²) in [5.74, 6) is -0.466. The van der Waals surface area contributed by atoms with Gasteiger partial charge in [-0.2, -0.15) is 5.10 Å². The van der Waals surface area contributed by atoms with Crippen LogP contribution in [0.4, 0.5) is 5.13 Å². The highest BCUT2D eigenvalue weighted by atomic mass is 32.1. The number of nitrogens with one attached hydrogen (secondary N) is 2. The Hall–Kier alpha value is -2.13. The molecule has 94 valence electrons. The molecule has 2 aromatic rings. The fourth-order valence-electron chi connectivity index (χ4n) is 1.12. The zero-order valence-corrected chi connectivity index (χ0v) is 10.2. The summed E-state index contributed by atoms with van der Waals surface area (Å²) in [7, 11) is 1.55. The first kappa shape index (κ1) is 12.3. The number of rotatable bonds is 4. The van der Waals surface area contributed by atoms with Crippen LogP contribution in [-0.4, -0.2) is 33.4 Å². The SMILES string of the molecule is COCc1nnc(NC(=O)c2ccc(=O)[nH]n2)s1. The van der Waals surface area contributed by atoms with Crippen LogP contribution in [-0.2, 0) is 11.3 Å². The summed E-state index contributed by atoms with van der Waals surface area (Å²) < 4.78 is 4.89. The van der Waals surface area contributed by atoms with E-state index in [2.05, 4.69) is 25.7 Å². The van der Waals surface area contributed by atoms with Crippen molar-refractivity contribution in [2.45, 2.75) is 6.61 Å². The molecule has 2 rings (SSSR count). The molecule has 0 saturated heterocycles. The fraction of sp³-hybridized carbons (Fsp3) is 0.222. The second-order valence-corrected chi connectivity index (χ2v) is 4.26. The molecule has 0 atom stereocenters. The summed E-state index contributed by atoms with van der Waals surface area (Å²) in [6.45, 7) is 0.338. The first-order valence-electron chi connectivity index (χ1n) is 4.87. The van der Waals surface area contributed by atoms with Gasteiger partial charge in [0.1, 0.15) is 17.3 Å². The number of carbonyl (C=O) groups is 1. The number of aromatic amines is 1. The van der Waals surface area contributed by atoms with Crippen LogP contribution in [0.2, 0.25) is 0 Å². The number of carbonyl (C=O) groups excluding carboxylic acids is 1. The maximum absolute atomic E-state index is 11.7. The van der Waals surface area contributed by atoms with Gasteiger partial charge in [-0.05, 0) is 6.07 Å². The topological polar surface area (TPSA) is 110 Å². The van der Waals surface area contributed by atoms with Gasteiger partial charge in [-0.1, -0.05) is 11.3 Å². The van der Waals surface area contributed by atoms with Gasteiger partial charge >= 0.3 is 0 Å². The van der Waals surface area contributed by atoms with Crippen LogP contribution in [0.3, 0.4) is 0 Å². The van der Waals surface area contributed by atoms with Gasteiger partial charge in [-0.25, -0.2) is 5.10 Å². The number of methoxy groups -OCH3 is 1. The number of aromatic nitrogens is 4. The normalized spacial score (nSPS) is 10.3. The second-order valence-electron chi connectivity index (χ2n) is 3.19. The summed E-state index contributed by atoms with van der Waals surface area (Å²) in [6.07, 6.45) is 0. The van der Waals surface area contributed by atoms with E-state index in [0.29, 0.717) is 16.7 Å². The molecule has 0 bridgehead atoms. The van der Waals surface area contributed by atoms with Crippen molar-refractivity contribution in [1.29, 1.82) is 0 Å². The molecule has 0 saturated carbocycles. The molecule has 1 amide bonds. The Kier molecular flexibility index (Phi) is 3.75. The van der Waals surface area contributed by atoms with E-state index in [1.54, 1.807) is 7.11 Å². The van der Waals surface area contributed by atoms with Crippen molar-refractivity contribution in [3.05, 3.63) is 33.2 Å². The average molecular weight is 267 g/mol. The number of H-pyrrole nitrogens is 1. The van der Waals surface area contributed by atoms with Gasteiger partial charge in [0.25, 0.3) is 11.5 Å². The van der Waals surface area contributed by atoms with E-state index >= 15 is 0 Å². The van der Waals surface area contributed by atoms with Crippen molar-refractivity contribution in [3.8, 4) is 0 Å². The summed E-state index contributed by atoms with van der Waals surface area (Å²) in [6, 6.07) is 2.55. The predicted molar refractivity (Wildman–Crippen MR) is 63.4 cm³/mol. The minimum absolute atomic E-state index is 0.0955. The number of anilines is 1. The lowest BCUT2D eigenvalue weighted by molar-refractivity contribution is 0.102. The van der Waals surface area contributed by atoms with Crippen LogP contribution >= 0.6 is 11.3 Å². The molecule has 0 fully saturated rings. The number of amides is 1. The molecule has 0 aliphatic carbocycles. The van der Waals surface area contributed by atoms with Crippen LogP contribution in [0.15, 0.2) is 16.9 Å². The van der Waals surface area contributed by atoms with Crippen molar-refractivity contribution in [3.63, 3.8) is 0 Å². The molecule has 0 aliphatic rings. The fourth-order valence-corrected chi connectivity index (χ4v) is 1.83. The quantitative estimate of drug-likeness (QED) is 0.808. The molecule has 2 aromatic heterocycles. The second kappa shape index (κ2) is 5.47.